The second-order valence-electron chi connectivity index (χ2n) is 5.67. The van der Waals surface area contributed by atoms with Gasteiger partial charge in [0.25, 0.3) is 0 Å². The minimum absolute atomic E-state index is 0.349. The number of rotatable bonds is 3. The Morgan fingerprint density at radius 3 is 2.60 bits per heavy atom. The Morgan fingerprint density at radius 1 is 1.20 bits per heavy atom. The van der Waals surface area contributed by atoms with Crippen molar-refractivity contribution in [1.29, 1.82) is 0 Å². The number of nitrogens with zero attached hydrogens (tertiary/aromatic N) is 3. The van der Waals surface area contributed by atoms with E-state index in [-0.39, 0.29) is 5.82 Å². The van der Waals surface area contributed by atoms with Crippen LogP contribution in [-0.4, -0.2) is 14.7 Å². The van der Waals surface area contributed by atoms with E-state index in [1.165, 1.54) is 12.1 Å². The second-order valence-corrected chi connectivity index (χ2v) is 6.05. The predicted molar refractivity (Wildman–Crippen MR) is 94.2 cm³/mol. The van der Waals surface area contributed by atoms with E-state index < -0.39 is 0 Å². The minimum Gasteiger partial charge on any atom is -0.339 e. The summed E-state index contributed by atoms with van der Waals surface area (Å²) in [5, 5.41) is 4.94. The third kappa shape index (κ3) is 2.59. The highest BCUT2D eigenvalue weighted by molar-refractivity contribution is 6.38. The van der Waals surface area contributed by atoms with Crippen molar-refractivity contribution in [2.75, 3.05) is 0 Å². The second kappa shape index (κ2) is 5.98. The van der Waals surface area contributed by atoms with Gasteiger partial charge in [-0.2, -0.15) is 4.98 Å². The van der Waals surface area contributed by atoms with Gasteiger partial charge < -0.3 is 14.8 Å². The maximum atomic E-state index is 13.7. The van der Waals surface area contributed by atoms with Crippen LogP contribution in [0, 0.1) is 12.7 Å². The molecule has 0 aliphatic rings. The molecule has 0 aliphatic carbocycles. The summed E-state index contributed by atoms with van der Waals surface area (Å²) in [6, 6.07) is 12.2. The lowest BCUT2D eigenvalue weighted by molar-refractivity contribution is 0.394. The smallest absolute Gasteiger partial charge is 0.223 e. The van der Waals surface area contributed by atoms with Gasteiger partial charge in [-0.25, -0.2) is 4.39 Å². The quantitative estimate of drug-likeness (QED) is 0.596. The molecule has 126 valence electrons. The Hall–Kier alpha value is -2.70. The fourth-order valence-electron chi connectivity index (χ4n) is 2.87. The highest BCUT2D eigenvalue weighted by Gasteiger charge is 2.22. The number of benzene rings is 2. The third-order valence-corrected chi connectivity index (χ3v) is 4.42. The van der Waals surface area contributed by atoms with Crippen LogP contribution in [0.1, 0.15) is 11.5 Å². The fourth-order valence-corrected chi connectivity index (χ4v) is 3.19. The zero-order valence-electron chi connectivity index (χ0n) is 13.3. The number of hydrogen-bond donors (Lipinski definition) is 1. The first kappa shape index (κ1) is 15.8. The first-order valence-electron chi connectivity index (χ1n) is 7.68. The van der Waals surface area contributed by atoms with Crippen LogP contribution in [0.4, 0.5) is 4.39 Å². The van der Waals surface area contributed by atoms with Gasteiger partial charge >= 0.3 is 0 Å². The van der Waals surface area contributed by atoms with E-state index in [2.05, 4.69) is 10.1 Å². The maximum Gasteiger partial charge on any atom is 0.223 e. The van der Waals surface area contributed by atoms with Crippen molar-refractivity contribution < 1.29 is 8.91 Å². The number of nitrogens with two attached hydrogens (primary N) is 1. The summed E-state index contributed by atoms with van der Waals surface area (Å²) >= 11 is 6.56. The van der Waals surface area contributed by atoms with Gasteiger partial charge in [0, 0.05) is 24.5 Å². The fraction of sp³-hybridized carbons (Fsp3) is 0.111. The molecule has 4 aromatic rings. The Kier molecular flexibility index (Phi) is 3.78. The average Bonchev–Trinajstić information content (AvgIpc) is 3.16. The van der Waals surface area contributed by atoms with Crippen LogP contribution in [0.3, 0.4) is 0 Å². The van der Waals surface area contributed by atoms with E-state index in [1.54, 1.807) is 13.0 Å². The van der Waals surface area contributed by atoms with Crippen LogP contribution in [0.2, 0.25) is 5.02 Å². The minimum atomic E-state index is -0.360. The topological polar surface area (TPSA) is 69.9 Å². The third-order valence-electron chi connectivity index (χ3n) is 4.04. The van der Waals surface area contributed by atoms with Crippen molar-refractivity contribution in [2.45, 2.75) is 13.5 Å². The predicted octanol–water partition coefficient (Wildman–Crippen LogP) is 4.24. The molecule has 25 heavy (non-hydrogen) atoms. The summed E-state index contributed by atoms with van der Waals surface area (Å²) in [6.07, 6.45) is 0. The molecule has 0 saturated heterocycles. The molecule has 0 amide bonds. The van der Waals surface area contributed by atoms with Crippen molar-refractivity contribution in [3.63, 3.8) is 0 Å². The normalized spacial score (nSPS) is 11.4. The van der Waals surface area contributed by atoms with Gasteiger partial charge in [0.1, 0.15) is 11.5 Å². The zero-order valence-corrected chi connectivity index (χ0v) is 14.1. The van der Waals surface area contributed by atoms with Gasteiger partial charge in [0.2, 0.25) is 11.7 Å². The number of hydrogen-bond acceptors (Lipinski definition) is 4. The van der Waals surface area contributed by atoms with E-state index in [9.17, 15) is 4.39 Å². The first-order chi connectivity index (χ1) is 12.1. The van der Waals surface area contributed by atoms with Crippen molar-refractivity contribution in [3.05, 3.63) is 64.8 Å². The average molecular weight is 357 g/mol. The Bertz CT molecular complexity index is 1070. The molecule has 2 aromatic heterocycles. The molecule has 0 fully saturated rings. The Labute approximate surface area is 147 Å². The molecule has 0 unspecified atom stereocenters. The van der Waals surface area contributed by atoms with Gasteiger partial charge in [0.15, 0.2) is 0 Å². The SMILES string of the molecule is Cc1nc(-c2c(Cl)c3cc(F)ccc3n2-c2ccc(CN)cc2)no1. The molecular formula is C18H14ClFN4O. The Balaban J connectivity index is 2.06. The molecule has 4 rings (SSSR count). The lowest BCUT2D eigenvalue weighted by Crippen LogP contribution is -2.00. The van der Waals surface area contributed by atoms with Crippen LogP contribution >= 0.6 is 11.6 Å². The van der Waals surface area contributed by atoms with Gasteiger partial charge in [-0.1, -0.05) is 28.9 Å². The summed E-state index contributed by atoms with van der Waals surface area (Å²) in [5.74, 6) is 0.412. The molecule has 2 heterocycles. The number of aromatic nitrogens is 3. The van der Waals surface area contributed by atoms with E-state index in [4.69, 9.17) is 21.9 Å². The first-order valence-corrected chi connectivity index (χ1v) is 8.06. The molecule has 0 aliphatic heterocycles. The van der Waals surface area contributed by atoms with Gasteiger partial charge in [-0.15, -0.1) is 0 Å². The molecule has 5 nitrogen and oxygen atoms in total. The molecular weight excluding hydrogens is 343 g/mol. The summed E-state index contributed by atoms with van der Waals surface area (Å²) in [4.78, 5) is 4.28. The highest BCUT2D eigenvalue weighted by Crippen LogP contribution is 2.39. The Morgan fingerprint density at radius 2 is 1.96 bits per heavy atom. The van der Waals surface area contributed by atoms with Gasteiger partial charge in [-0.3, -0.25) is 0 Å². The summed E-state index contributed by atoms with van der Waals surface area (Å²) in [5.41, 5.74) is 8.83. The number of fused-ring (bicyclic) bond motifs is 1. The van der Waals surface area contributed by atoms with E-state index in [1.807, 2.05) is 28.8 Å². The van der Waals surface area contributed by atoms with Crippen LogP contribution in [0.15, 0.2) is 47.0 Å². The summed E-state index contributed by atoms with van der Waals surface area (Å²) in [6.45, 7) is 2.16. The van der Waals surface area contributed by atoms with E-state index >= 15 is 0 Å². The molecule has 0 atom stereocenters. The van der Waals surface area contributed by atoms with E-state index in [0.717, 1.165) is 16.8 Å². The molecule has 0 spiro atoms. The molecule has 0 saturated carbocycles. The van der Waals surface area contributed by atoms with Crippen LogP contribution in [-0.2, 0) is 6.54 Å². The zero-order chi connectivity index (χ0) is 17.6. The molecule has 2 aromatic carbocycles. The van der Waals surface area contributed by atoms with Crippen molar-refractivity contribution in [3.8, 4) is 17.2 Å². The molecule has 2 N–H and O–H groups in total. The lowest BCUT2D eigenvalue weighted by Gasteiger charge is -2.10. The molecule has 0 bridgehead atoms. The summed E-state index contributed by atoms with van der Waals surface area (Å²) in [7, 11) is 0. The standard InChI is InChI=1S/C18H14ClFN4O/c1-10-22-18(23-25-10)17-16(19)14-8-12(20)4-7-15(14)24(17)13-5-2-11(9-21)3-6-13/h2-8H,9,21H2,1H3. The largest absolute Gasteiger partial charge is 0.339 e. The van der Waals surface area contributed by atoms with Crippen LogP contribution in [0.5, 0.6) is 0 Å². The lowest BCUT2D eigenvalue weighted by atomic mass is 10.2. The maximum absolute atomic E-state index is 13.7. The van der Waals surface area contributed by atoms with Crippen molar-refractivity contribution in [2.24, 2.45) is 5.73 Å². The van der Waals surface area contributed by atoms with Crippen molar-refractivity contribution in [1.82, 2.24) is 14.7 Å². The van der Waals surface area contributed by atoms with Gasteiger partial charge in [-0.05, 0) is 35.9 Å². The van der Waals surface area contributed by atoms with Gasteiger partial charge in [0.05, 0.1) is 10.5 Å². The number of halogens is 2. The molecule has 7 heteroatoms. The monoisotopic (exact) mass is 356 g/mol. The summed E-state index contributed by atoms with van der Waals surface area (Å²) < 4.78 is 20.7. The van der Waals surface area contributed by atoms with E-state index in [0.29, 0.717) is 34.4 Å². The van der Waals surface area contributed by atoms with Crippen LogP contribution in [0.25, 0.3) is 28.1 Å². The highest BCUT2D eigenvalue weighted by atomic mass is 35.5. The van der Waals surface area contributed by atoms with Crippen LogP contribution < -0.4 is 5.73 Å². The number of aryl methyl sites for hydroxylation is 1. The molecule has 0 radical (unpaired) electrons. The van der Waals surface area contributed by atoms with Crippen molar-refractivity contribution >= 4 is 22.5 Å².